The normalized spacial score (nSPS) is 11.7. The van der Waals surface area contributed by atoms with Gasteiger partial charge >= 0.3 is 12.0 Å². The SMILES string of the molecule is CC(C)[C@@H](OC(=O)COc1ccc(Cl)cc1Cl)C(=O)NC(N)=O. The van der Waals surface area contributed by atoms with E-state index >= 15 is 0 Å². The van der Waals surface area contributed by atoms with Crippen LogP contribution in [-0.2, 0) is 14.3 Å². The van der Waals surface area contributed by atoms with Gasteiger partial charge in [-0.3, -0.25) is 10.1 Å². The number of carbonyl (C=O) groups excluding carboxylic acids is 3. The summed E-state index contributed by atoms with van der Waals surface area (Å²) in [6.07, 6.45) is -1.17. The number of ether oxygens (including phenoxy) is 2. The maximum absolute atomic E-state index is 11.8. The Bertz CT molecular complexity index is 607. The number of urea groups is 1. The second kappa shape index (κ2) is 8.59. The number of nitrogens with two attached hydrogens (primary N) is 1. The Morgan fingerprint density at radius 1 is 1.26 bits per heavy atom. The smallest absolute Gasteiger partial charge is 0.344 e. The number of benzene rings is 1. The van der Waals surface area contributed by atoms with Crippen LogP contribution in [0.4, 0.5) is 4.79 Å². The first kappa shape index (κ1) is 19.1. The number of halogens is 2. The number of amides is 3. The fourth-order valence-corrected chi connectivity index (χ4v) is 2.05. The first-order chi connectivity index (χ1) is 10.7. The fourth-order valence-electron chi connectivity index (χ4n) is 1.59. The van der Waals surface area contributed by atoms with E-state index in [4.69, 9.17) is 38.4 Å². The molecule has 1 atom stereocenters. The van der Waals surface area contributed by atoms with Crippen molar-refractivity contribution in [2.45, 2.75) is 20.0 Å². The van der Waals surface area contributed by atoms with Gasteiger partial charge in [-0.1, -0.05) is 37.0 Å². The summed E-state index contributed by atoms with van der Waals surface area (Å²) in [7, 11) is 0. The maximum Gasteiger partial charge on any atom is 0.344 e. The molecule has 1 aromatic carbocycles. The Kier molecular flexibility index (Phi) is 7.12. The van der Waals surface area contributed by atoms with Crippen LogP contribution in [0.1, 0.15) is 13.8 Å². The molecule has 0 saturated heterocycles. The van der Waals surface area contributed by atoms with Crippen LogP contribution < -0.4 is 15.8 Å². The second-order valence-corrected chi connectivity index (χ2v) is 5.72. The topological polar surface area (TPSA) is 108 Å². The number of hydrogen-bond acceptors (Lipinski definition) is 5. The molecule has 0 aromatic heterocycles. The van der Waals surface area contributed by atoms with Crippen LogP contribution >= 0.6 is 23.2 Å². The van der Waals surface area contributed by atoms with E-state index in [9.17, 15) is 14.4 Å². The summed E-state index contributed by atoms with van der Waals surface area (Å²) in [5, 5.41) is 2.52. The van der Waals surface area contributed by atoms with Crippen molar-refractivity contribution in [1.82, 2.24) is 5.32 Å². The lowest BCUT2D eigenvalue weighted by molar-refractivity contribution is -0.160. The van der Waals surface area contributed by atoms with Crippen LogP contribution in [0.2, 0.25) is 10.0 Å². The van der Waals surface area contributed by atoms with E-state index < -0.39 is 30.6 Å². The van der Waals surface area contributed by atoms with Gasteiger partial charge in [0.25, 0.3) is 5.91 Å². The lowest BCUT2D eigenvalue weighted by atomic mass is 10.1. The summed E-state index contributed by atoms with van der Waals surface area (Å²) < 4.78 is 10.2. The molecule has 0 unspecified atom stereocenters. The molecule has 23 heavy (non-hydrogen) atoms. The third-order valence-corrected chi connectivity index (χ3v) is 3.14. The molecule has 7 nitrogen and oxygen atoms in total. The zero-order valence-corrected chi connectivity index (χ0v) is 14.0. The highest BCUT2D eigenvalue weighted by atomic mass is 35.5. The highest BCUT2D eigenvalue weighted by Crippen LogP contribution is 2.27. The molecule has 0 bridgehead atoms. The molecule has 0 heterocycles. The van der Waals surface area contributed by atoms with E-state index in [-0.39, 0.29) is 16.7 Å². The number of carbonyl (C=O) groups is 3. The molecule has 0 aliphatic carbocycles. The van der Waals surface area contributed by atoms with Gasteiger partial charge in [0.2, 0.25) is 0 Å². The van der Waals surface area contributed by atoms with Gasteiger partial charge in [0.15, 0.2) is 12.7 Å². The highest BCUT2D eigenvalue weighted by Gasteiger charge is 2.27. The van der Waals surface area contributed by atoms with E-state index in [2.05, 4.69) is 0 Å². The van der Waals surface area contributed by atoms with Gasteiger partial charge in [0, 0.05) is 5.02 Å². The van der Waals surface area contributed by atoms with Crippen LogP contribution in [-0.4, -0.2) is 30.6 Å². The maximum atomic E-state index is 11.8. The predicted molar refractivity (Wildman–Crippen MR) is 84.4 cm³/mol. The third-order valence-electron chi connectivity index (χ3n) is 2.61. The number of hydrogen-bond donors (Lipinski definition) is 2. The molecule has 0 aliphatic heterocycles. The van der Waals surface area contributed by atoms with Gasteiger partial charge < -0.3 is 15.2 Å². The molecule has 0 radical (unpaired) electrons. The van der Waals surface area contributed by atoms with Gasteiger partial charge in [0.05, 0.1) is 5.02 Å². The Morgan fingerprint density at radius 2 is 1.91 bits per heavy atom. The molecule has 0 fully saturated rings. The van der Waals surface area contributed by atoms with E-state index in [1.807, 2.05) is 5.32 Å². The molecule has 9 heteroatoms. The van der Waals surface area contributed by atoms with E-state index in [0.717, 1.165) is 0 Å². The largest absolute Gasteiger partial charge is 0.480 e. The molecule has 1 rings (SSSR count). The zero-order valence-electron chi connectivity index (χ0n) is 12.5. The molecular formula is C14H16Cl2N2O5. The van der Waals surface area contributed by atoms with Crippen molar-refractivity contribution >= 4 is 41.1 Å². The molecule has 1 aromatic rings. The Morgan fingerprint density at radius 3 is 2.43 bits per heavy atom. The van der Waals surface area contributed by atoms with Gasteiger partial charge in [-0.05, 0) is 24.1 Å². The van der Waals surface area contributed by atoms with Gasteiger partial charge in [0.1, 0.15) is 5.75 Å². The quantitative estimate of drug-likeness (QED) is 0.753. The number of esters is 1. The van der Waals surface area contributed by atoms with Crippen molar-refractivity contribution in [1.29, 1.82) is 0 Å². The minimum Gasteiger partial charge on any atom is -0.480 e. The van der Waals surface area contributed by atoms with Crippen molar-refractivity contribution in [3.05, 3.63) is 28.2 Å². The standard InChI is InChI=1S/C14H16Cl2N2O5/c1-7(2)12(13(20)18-14(17)21)23-11(19)6-22-10-4-3-8(15)5-9(10)16/h3-5,7,12H,6H2,1-2H3,(H3,17,18,20,21)/t12-/m1/s1. The van der Waals surface area contributed by atoms with Crippen molar-refractivity contribution in [2.75, 3.05) is 6.61 Å². The average molecular weight is 363 g/mol. The minimum atomic E-state index is -1.17. The first-order valence-electron chi connectivity index (χ1n) is 6.58. The average Bonchev–Trinajstić information content (AvgIpc) is 2.42. The van der Waals surface area contributed by atoms with Crippen molar-refractivity contribution in [2.24, 2.45) is 11.7 Å². The van der Waals surface area contributed by atoms with Crippen molar-refractivity contribution in [3.63, 3.8) is 0 Å². The zero-order chi connectivity index (χ0) is 17.6. The molecule has 0 saturated carbocycles. The number of imide groups is 1. The predicted octanol–water partition coefficient (Wildman–Crippen LogP) is 2.13. The van der Waals surface area contributed by atoms with Crippen LogP contribution in [0.15, 0.2) is 18.2 Å². The first-order valence-corrected chi connectivity index (χ1v) is 7.34. The number of primary amides is 1. The highest BCUT2D eigenvalue weighted by molar-refractivity contribution is 6.35. The number of nitrogens with one attached hydrogen (secondary N) is 1. The van der Waals surface area contributed by atoms with E-state index in [1.54, 1.807) is 19.9 Å². The minimum absolute atomic E-state index is 0.234. The van der Waals surface area contributed by atoms with Gasteiger partial charge in [-0.25, -0.2) is 9.59 Å². The monoisotopic (exact) mass is 362 g/mol. The molecule has 3 amide bonds. The summed E-state index contributed by atoms with van der Waals surface area (Å²) in [4.78, 5) is 34.2. The van der Waals surface area contributed by atoms with Crippen LogP contribution in [0.3, 0.4) is 0 Å². The molecule has 0 spiro atoms. The van der Waals surface area contributed by atoms with Crippen LogP contribution in [0.25, 0.3) is 0 Å². The van der Waals surface area contributed by atoms with Crippen LogP contribution in [0.5, 0.6) is 5.75 Å². The molecule has 0 aliphatic rings. The second-order valence-electron chi connectivity index (χ2n) is 4.87. The summed E-state index contributed by atoms with van der Waals surface area (Å²) in [5.74, 6) is -1.71. The van der Waals surface area contributed by atoms with Crippen molar-refractivity contribution in [3.8, 4) is 5.75 Å². The third kappa shape index (κ3) is 6.33. The lowest BCUT2D eigenvalue weighted by Gasteiger charge is -2.20. The van der Waals surface area contributed by atoms with E-state index in [1.165, 1.54) is 12.1 Å². The lowest BCUT2D eigenvalue weighted by Crippen LogP contribution is -2.46. The Labute approximate surface area is 143 Å². The summed E-state index contributed by atoms with van der Waals surface area (Å²) in [5.41, 5.74) is 4.86. The van der Waals surface area contributed by atoms with Gasteiger partial charge in [-0.2, -0.15) is 0 Å². The van der Waals surface area contributed by atoms with E-state index in [0.29, 0.717) is 5.02 Å². The van der Waals surface area contributed by atoms with Crippen molar-refractivity contribution < 1.29 is 23.9 Å². The summed E-state index contributed by atoms with van der Waals surface area (Å²) in [6, 6.07) is 3.48. The molecule has 126 valence electrons. The molecular weight excluding hydrogens is 347 g/mol. The fraction of sp³-hybridized carbons (Fsp3) is 0.357. The Balaban J connectivity index is 2.62. The Hall–Kier alpha value is -1.99. The molecule has 3 N–H and O–H groups in total. The summed E-state index contributed by atoms with van der Waals surface area (Å²) >= 11 is 11.6. The number of rotatable bonds is 6. The summed E-state index contributed by atoms with van der Waals surface area (Å²) in [6.45, 7) is 2.83. The van der Waals surface area contributed by atoms with Crippen LogP contribution in [0, 0.1) is 5.92 Å². The van der Waals surface area contributed by atoms with Gasteiger partial charge in [-0.15, -0.1) is 0 Å².